The lowest BCUT2D eigenvalue weighted by Gasteiger charge is -2.30. The number of rotatable bonds is 3. The third kappa shape index (κ3) is 5.20. The van der Waals surface area contributed by atoms with Gasteiger partial charge in [-0.1, -0.05) is 146 Å². The van der Waals surface area contributed by atoms with Gasteiger partial charge in [0.25, 0.3) is 0 Å². The maximum Gasteiger partial charge on any atom is 0.0660 e. The molecule has 1 atom stereocenters. The van der Waals surface area contributed by atoms with Crippen LogP contribution in [0, 0.1) is 0 Å². The first-order chi connectivity index (χ1) is 29.2. The molecule has 0 fully saturated rings. The minimum absolute atomic E-state index is 0.288. The highest BCUT2D eigenvalue weighted by molar-refractivity contribution is 6.18. The number of aryl methyl sites for hydroxylation is 1. The van der Waals surface area contributed by atoms with Crippen LogP contribution in [-0.4, -0.2) is 21.8 Å². The van der Waals surface area contributed by atoms with Gasteiger partial charge in [-0.3, -0.25) is 5.32 Å². The van der Waals surface area contributed by atoms with Gasteiger partial charge in [-0.2, -0.15) is 0 Å². The van der Waals surface area contributed by atoms with Crippen LogP contribution in [0.5, 0.6) is 0 Å². The van der Waals surface area contributed by atoms with E-state index in [9.17, 15) is 0 Å². The van der Waals surface area contributed by atoms with E-state index in [4.69, 9.17) is 0 Å². The van der Waals surface area contributed by atoms with Crippen molar-refractivity contribution in [3.8, 4) is 39.1 Å². The molecule has 10 aromatic rings. The van der Waals surface area contributed by atoms with Crippen molar-refractivity contribution in [1.82, 2.24) is 19.8 Å². The molecule has 2 N–H and O–H groups in total. The zero-order chi connectivity index (χ0) is 39.0. The molecule has 2 aliphatic carbocycles. The molecule has 0 saturated heterocycles. The summed E-state index contributed by atoms with van der Waals surface area (Å²) >= 11 is 0. The molecule has 3 heterocycles. The van der Waals surface area contributed by atoms with Crippen molar-refractivity contribution in [1.29, 1.82) is 0 Å². The van der Waals surface area contributed by atoms with E-state index >= 15 is 0 Å². The number of hydrogen-bond donors (Lipinski definition) is 2. The van der Waals surface area contributed by atoms with E-state index in [2.05, 4.69) is 221 Å². The maximum atomic E-state index is 3.59. The molecule has 2 aromatic heterocycles. The topological polar surface area (TPSA) is 33.9 Å². The molecule has 1 aliphatic heterocycles. The Morgan fingerprint density at radius 2 is 1.05 bits per heavy atom. The van der Waals surface area contributed by atoms with E-state index in [0.29, 0.717) is 0 Å². The summed E-state index contributed by atoms with van der Waals surface area (Å²) in [5, 5.41) is 15.0. The summed E-state index contributed by atoms with van der Waals surface area (Å²) in [5.41, 5.74) is 17.9. The molecule has 8 aromatic carbocycles. The predicted molar refractivity (Wildman–Crippen MR) is 249 cm³/mol. The van der Waals surface area contributed by atoms with Crippen LogP contribution in [0.25, 0.3) is 99.1 Å². The second-order valence-electron chi connectivity index (χ2n) is 15.8. The van der Waals surface area contributed by atoms with Crippen molar-refractivity contribution in [3.05, 3.63) is 205 Å². The molecule has 59 heavy (non-hydrogen) atoms. The van der Waals surface area contributed by atoms with Crippen LogP contribution in [0.1, 0.15) is 5.56 Å². The third-order valence-electron chi connectivity index (χ3n) is 12.7. The third-order valence-corrected chi connectivity index (χ3v) is 12.7. The predicted octanol–water partition coefficient (Wildman–Crippen LogP) is 12.9. The van der Waals surface area contributed by atoms with Crippen LogP contribution in [0.3, 0.4) is 0 Å². The van der Waals surface area contributed by atoms with E-state index in [0.717, 1.165) is 6.67 Å². The maximum absolute atomic E-state index is 3.59. The molecule has 0 saturated carbocycles. The number of allylic oxidation sites excluding steroid dienone is 2. The van der Waals surface area contributed by atoms with Crippen molar-refractivity contribution < 1.29 is 0 Å². The van der Waals surface area contributed by atoms with Crippen LogP contribution < -0.4 is 10.6 Å². The van der Waals surface area contributed by atoms with Crippen LogP contribution in [-0.2, 0) is 7.05 Å². The Kier molecular flexibility index (Phi) is 7.62. The fourth-order valence-corrected chi connectivity index (χ4v) is 9.94. The SMILES string of the molecule is C1=CC2=C(c3ccc4c5c(cccc35)-c3ccccc3-4)NCNC2C=C1.Cn1c2ccccc2c2cc(-c3ccc4c(c3)c3ccccc3n4-c3ccccc3)ccc21. The van der Waals surface area contributed by atoms with Crippen LogP contribution in [0.15, 0.2) is 200 Å². The number of nitrogens with one attached hydrogen (secondary N) is 2. The average Bonchev–Trinajstić information content (AvgIpc) is 3.92. The number of nitrogens with zero attached hydrogens (tertiary/aromatic N) is 2. The summed E-state index contributed by atoms with van der Waals surface area (Å²) in [6, 6.07) is 62.0. The largest absolute Gasteiger partial charge is 0.372 e. The lowest BCUT2D eigenvalue weighted by molar-refractivity contribution is 0.600. The molecule has 4 nitrogen and oxygen atoms in total. The smallest absolute Gasteiger partial charge is 0.0660 e. The highest BCUT2D eigenvalue weighted by Gasteiger charge is 2.26. The molecule has 0 bridgehead atoms. The van der Waals surface area contributed by atoms with Crippen molar-refractivity contribution in [3.63, 3.8) is 0 Å². The summed E-state index contributed by atoms with van der Waals surface area (Å²) in [5.74, 6) is 0. The van der Waals surface area contributed by atoms with Gasteiger partial charge in [-0.05, 0) is 98.3 Å². The number of aromatic nitrogens is 2. The van der Waals surface area contributed by atoms with Gasteiger partial charge in [0.2, 0.25) is 0 Å². The van der Waals surface area contributed by atoms with E-state index in [1.54, 1.807) is 0 Å². The average molecular weight is 757 g/mol. The van der Waals surface area contributed by atoms with Gasteiger partial charge in [-0.25, -0.2) is 0 Å². The van der Waals surface area contributed by atoms with Gasteiger partial charge in [-0.15, -0.1) is 0 Å². The zero-order valence-corrected chi connectivity index (χ0v) is 32.7. The number of fused-ring (bicyclic) bond motifs is 10. The van der Waals surface area contributed by atoms with E-state index in [-0.39, 0.29) is 6.04 Å². The fraction of sp³-hybridized carbons (Fsp3) is 0.0545. The Bertz CT molecular complexity index is 3400. The van der Waals surface area contributed by atoms with Crippen molar-refractivity contribution >= 4 is 60.1 Å². The summed E-state index contributed by atoms with van der Waals surface area (Å²) in [6.45, 7) is 0.783. The van der Waals surface area contributed by atoms with Crippen molar-refractivity contribution in [2.75, 3.05) is 6.67 Å². The van der Waals surface area contributed by atoms with Gasteiger partial charge in [0.05, 0.1) is 23.7 Å². The first-order valence-electron chi connectivity index (χ1n) is 20.5. The molecular formula is C55H40N4. The molecule has 13 rings (SSSR count). The highest BCUT2D eigenvalue weighted by atomic mass is 15.1. The Morgan fingerprint density at radius 3 is 1.85 bits per heavy atom. The zero-order valence-electron chi connectivity index (χ0n) is 32.7. The molecular weight excluding hydrogens is 717 g/mol. The highest BCUT2D eigenvalue weighted by Crippen LogP contribution is 2.48. The molecule has 3 aliphatic rings. The number of benzene rings is 8. The molecule has 0 radical (unpaired) electrons. The van der Waals surface area contributed by atoms with Gasteiger partial charge in [0, 0.05) is 56.6 Å². The quantitative estimate of drug-likeness (QED) is 0.188. The second kappa shape index (κ2) is 13.3. The van der Waals surface area contributed by atoms with Crippen LogP contribution >= 0.6 is 0 Å². The summed E-state index contributed by atoms with van der Waals surface area (Å²) in [4.78, 5) is 0. The molecule has 280 valence electrons. The lowest BCUT2D eigenvalue weighted by Crippen LogP contribution is -2.42. The first-order valence-corrected chi connectivity index (χ1v) is 20.5. The van der Waals surface area contributed by atoms with Gasteiger partial charge >= 0.3 is 0 Å². The van der Waals surface area contributed by atoms with Crippen molar-refractivity contribution in [2.45, 2.75) is 6.04 Å². The number of hydrogen-bond acceptors (Lipinski definition) is 2. The molecule has 4 heteroatoms. The lowest BCUT2D eigenvalue weighted by atomic mass is 9.91. The Hall–Kier alpha value is -7.40. The molecule has 0 spiro atoms. The monoisotopic (exact) mass is 756 g/mol. The van der Waals surface area contributed by atoms with Crippen LogP contribution in [0.2, 0.25) is 0 Å². The number of para-hydroxylation sites is 3. The first kappa shape index (κ1) is 33.7. The minimum Gasteiger partial charge on any atom is -0.372 e. The fourth-order valence-electron chi connectivity index (χ4n) is 9.94. The Balaban J connectivity index is 0.000000131. The van der Waals surface area contributed by atoms with Gasteiger partial charge < -0.3 is 14.5 Å². The second-order valence-corrected chi connectivity index (χ2v) is 15.8. The summed E-state index contributed by atoms with van der Waals surface area (Å²) in [7, 11) is 2.15. The summed E-state index contributed by atoms with van der Waals surface area (Å²) in [6.07, 6.45) is 8.69. The standard InChI is InChI=1S/C31H22N2.C24H18N2/c1-32-28-13-7-5-11-24(28)26-19-21(15-17-29(26)32)22-16-18-31-27(20-22)25-12-6-8-14-30(25)33(31)23-9-3-2-4-10-23;1-2-7-16-15(6-1)17-9-5-10-18-20(13-12-19(16)23(17)18)24-21-8-3-4-11-22(21)25-14-26-24/h2-20H,1H3;1-13,22,25-26H,14H2. The van der Waals surface area contributed by atoms with E-state index < -0.39 is 0 Å². The van der Waals surface area contributed by atoms with E-state index in [1.807, 2.05) is 0 Å². The Morgan fingerprint density at radius 1 is 0.475 bits per heavy atom. The minimum atomic E-state index is 0.288. The molecule has 1 unspecified atom stereocenters. The summed E-state index contributed by atoms with van der Waals surface area (Å²) < 4.78 is 4.65. The van der Waals surface area contributed by atoms with Gasteiger partial charge in [0.15, 0.2) is 0 Å². The normalized spacial score (nSPS) is 15.2. The Labute approximate surface area is 342 Å². The van der Waals surface area contributed by atoms with Crippen LogP contribution in [0.4, 0.5) is 0 Å². The van der Waals surface area contributed by atoms with E-state index in [1.165, 1.54) is 110 Å². The van der Waals surface area contributed by atoms with Gasteiger partial charge in [0.1, 0.15) is 0 Å². The molecule has 0 amide bonds. The van der Waals surface area contributed by atoms with Crippen molar-refractivity contribution in [2.24, 2.45) is 7.05 Å².